The van der Waals surface area contributed by atoms with E-state index < -0.39 is 23.9 Å². The van der Waals surface area contributed by atoms with Gasteiger partial charge >= 0.3 is 23.9 Å². The number of rotatable bonds is 8. The lowest BCUT2D eigenvalue weighted by molar-refractivity contribution is 0.0511. The van der Waals surface area contributed by atoms with Crippen LogP contribution in [-0.2, 0) is 22.3 Å². The van der Waals surface area contributed by atoms with Gasteiger partial charge in [-0.2, -0.15) is 0 Å². The van der Waals surface area contributed by atoms with E-state index in [1.54, 1.807) is 38.1 Å². The van der Waals surface area contributed by atoms with E-state index in [-0.39, 0.29) is 11.1 Å². The summed E-state index contributed by atoms with van der Waals surface area (Å²) in [5, 5.41) is 18.0. The van der Waals surface area contributed by atoms with Crippen LogP contribution in [0.4, 0.5) is 0 Å². The van der Waals surface area contributed by atoms with Gasteiger partial charge in [-0.1, -0.05) is 13.8 Å². The molecule has 0 aliphatic rings. The van der Waals surface area contributed by atoms with Gasteiger partial charge in [-0.3, -0.25) is 0 Å². The molecule has 0 atom stereocenters. The first-order valence-electron chi connectivity index (χ1n) is 10.3. The molecule has 0 aliphatic carbocycles. The van der Waals surface area contributed by atoms with Crippen molar-refractivity contribution in [3.63, 3.8) is 0 Å². The molecule has 0 bridgehead atoms. The molecule has 0 saturated carbocycles. The summed E-state index contributed by atoms with van der Waals surface area (Å²) >= 11 is 0. The van der Waals surface area contributed by atoms with E-state index in [0.29, 0.717) is 48.3 Å². The van der Waals surface area contributed by atoms with Gasteiger partial charge in [0.15, 0.2) is 0 Å². The highest BCUT2D eigenvalue weighted by Crippen LogP contribution is 2.21. The Morgan fingerprint density at radius 2 is 0.938 bits per heavy atom. The van der Waals surface area contributed by atoms with Gasteiger partial charge in [-0.25, -0.2) is 19.2 Å². The number of carbonyl (C=O) groups is 4. The molecule has 8 heteroatoms. The molecule has 2 N–H and O–H groups in total. The maximum Gasteiger partial charge on any atom is 0.338 e. The second-order valence-electron chi connectivity index (χ2n) is 6.45. The number of esters is 2. The van der Waals surface area contributed by atoms with Crippen LogP contribution in [0.3, 0.4) is 0 Å². The standard InChI is InChI=1S/2C12H14O4/c1-3-15-11(13)9-5-7-10(8-6-9)12(14)16-4-2;1-3-7-8(4-2)10(12(15)16)6-5-9(7)11(13)14/h5-8H,3-4H2,1-2H3;5-6H,3-4H2,1-2H3,(H,13,14)(H,15,16). The SMILES string of the molecule is CCOC(=O)c1ccc(C(=O)OCC)cc1.CCc1c(C(=O)O)ccc(C(=O)O)c1CC. The zero-order chi connectivity index (χ0) is 24.3. The second-order valence-corrected chi connectivity index (χ2v) is 6.45. The van der Waals surface area contributed by atoms with E-state index in [1.807, 2.05) is 13.8 Å². The summed E-state index contributed by atoms with van der Waals surface area (Å²) in [5.41, 5.74) is 2.49. The van der Waals surface area contributed by atoms with Gasteiger partial charge in [0.25, 0.3) is 0 Å². The Bertz CT molecular complexity index is 883. The fraction of sp³-hybridized carbons (Fsp3) is 0.333. The number of benzene rings is 2. The number of ether oxygens (including phenoxy) is 2. The highest BCUT2D eigenvalue weighted by atomic mass is 16.5. The number of hydrogen-bond acceptors (Lipinski definition) is 6. The zero-order valence-corrected chi connectivity index (χ0v) is 18.6. The number of aromatic carboxylic acids is 2. The van der Waals surface area contributed by atoms with Crippen molar-refractivity contribution >= 4 is 23.9 Å². The third-order valence-electron chi connectivity index (χ3n) is 4.51. The van der Waals surface area contributed by atoms with Crippen LogP contribution in [0.5, 0.6) is 0 Å². The highest BCUT2D eigenvalue weighted by molar-refractivity contribution is 5.95. The van der Waals surface area contributed by atoms with Crippen LogP contribution in [0, 0.1) is 0 Å². The van der Waals surface area contributed by atoms with Crippen molar-refractivity contribution < 1.29 is 38.9 Å². The van der Waals surface area contributed by atoms with Crippen LogP contribution in [0.1, 0.15) is 80.3 Å². The zero-order valence-electron chi connectivity index (χ0n) is 18.6. The Kier molecular flexibility index (Phi) is 10.6. The summed E-state index contributed by atoms with van der Waals surface area (Å²) in [6.45, 7) is 7.80. The minimum atomic E-state index is -1.01. The predicted octanol–water partition coefficient (Wildman–Crippen LogP) is 4.25. The van der Waals surface area contributed by atoms with Gasteiger partial charge < -0.3 is 19.7 Å². The van der Waals surface area contributed by atoms with Crippen molar-refractivity contribution in [3.05, 3.63) is 69.8 Å². The van der Waals surface area contributed by atoms with Gasteiger partial charge in [0.2, 0.25) is 0 Å². The van der Waals surface area contributed by atoms with Gasteiger partial charge in [0, 0.05) is 0 Å². The van der Waals surface area contributed by atoms with Gasteiger partial charge in [-0.05, 0) is 74.2 Å². The first-order chi connectivity index (χ1) is 15.2. The molecular formula is C24H28O8. The molecule has 172 valence electrons. The third-order valence-corrected chi connectivity index (χ3v) is 4.51. The van der Waals surface area contributed by atoms with E-state index in [2.05, 4.69) is 0 Å². The Morgan fingerprint density at radius 3 is 1.16 bits per heavy atom. The summed E-state index contributed by atoms with van der Waals surface area (Å²) < 4.78 is 9.64. The quantitative estimate of drug-likeness (QED) is 0.579. The normalized spacial score (nSPS) is 9.88. The molecule has 0 spiro atoms. The molecule has 0 saturated heterocycles. The van der Waals surface area contributed by atoms with E-state index >= 15 is 0 Å². The Balaban J connectivity index is 0.000000320. The molecule has 2 aromatic rings. The molecule has 0 amide bonds. The number of carboxylic acids is 2. The second kappa shape index (κ2) is 12.9. The summed E-state index contributed by atoms with van der Waals surface area (Å²) in [6.07, 6.45) is 1.04. The van der Waals surface area contributed by atoms with Gasteiger partial charge in [0.05, 0.1) is 35.5 Å². The van der Waals surface area contributed by atoms with Crippen LogP contribution in [0.25, 0.3) is 0 Å². The van der Waals surface area contributed by atoms with Crippen LogP contribution in [-0.4, -0.2) is 47.3 Å². The Hall–Kier alpha value is -3.68. The van der Waals surface area contributed by atoms with Crippen LogP contribution in [0.15, 0.2) is 36.4 Å². The molecule has 32 heavy (non-hydrogen) atoms. The average Bonchev–Trinajstić information content (AvgIpc) is 2.78. The average molecular weight is 444 g/mol. The molecular weight excluding hydrogens is 416 g/mol. The molecule has 0 heterocycles. The molecule has 2 aromatic carbocycles. The van der Waals surface area contributed by atoms with E-state index in [0.717, 1.165) is 0 Å². The van der Waals surface area contributed by atoms with Crippen molar-refractivity contribution in [3.8, 4) is 0 Å². The first kappa shape index (κ1) is 26.4. The highest BCUT2D eigenvalue weighted by Gasteiger charge is 2.18. The molecule has 0 radical (unpaired) electrons. The Labute approximate surface area is 186 Å². The Morgan fingerprint density at radius 1 is 0.625 bits per heavy atom. The van der Waals surface area contributed by atoms with Crippen LogP contribution in [0.2, 0.25) is 0 Å². The summed E-state index contributed by atoms with van der Waals surface area (Å²) in [6, 6.07) is 8.91. The third kappa shape index (κ3) is 6.94. The summed E-state index contributed by atoms with van der Waals surface area (Å²) in [4.78, 5) is 44.6. The smallest absolute Gasteiger partial charge is 0.338 e. The van der Waals surface area contributed by atoms with Gasteiger partial charge in [0.1, 0.15) is 0 Å². The fourth-order valence-electron chi connectivity index (χ4n) is 3.07. The van der Waals surface area contributed by atoms with E-state index in [1.165, 1.54) is 12.1 Å². The van der Waals surface area contributed by atoms with Crippen molar-refractivity contribution in [2.45, 2.75) is 40.5 Å². The van der Waals surface area contributed by atoms with Crippen molar-refractivity contribution in [2.24, 2.45) is 0 Å². The summed E-state index contributed by atoms with van der Waals surface area (Å²) in [7, 11) is 0. The monoisotopic (exact) mass is 444 g/mol. The number of hydrogen-bond donors (Lipinski definition) is 2. The van der Waals surface area contributed by atoms with Crippen molar-refractivity contribution in [2.75, 3.05) is 13.2 Å². The lowest BCUT2D eigenvalue weighted by Crippen LogP contribution is -2.10. The topological polar surface area (TPSA) is 127 Å². The van der Waals surface area contributed by atoms with Gasteiger partial charge in [-0.15, -0.1) is 0 Å². The van der Waals surface area contributed by atoms with Crippen molar-refractivity contribution in [1.29, 1.82) is 0 Å². The maximum atomic E-state index is 11.3. The van der Waals surface area contributed by atoms with Crippen LogP contribution < -0.4 is 0 Å². The summed E-state index contributed by atoms with van der Waals surface area (Å²) in [5.74, 6) is -2.80. The molecule has 0 unspecified atom stereocenters. The molecule has 0 aliphatic heterocycles. The molecule has 0 fully saturated rings. The fourth-order valence-corrected chi connectivity index (χ4v) is 3.07. The molecule has 8 nitrogen and oxygen atoms in total. The minimum absolute atomic E-state index is 0.198. The minimum Gasteiger partial charge on any atom is -0.478 e. The lowest BCUT2D eigenvalue weighted by Gasteiger charge is -2.12. The lowest BCUT2D eigenvalue weighted by atomic mass is 9.92. The predicted molar refractivity (Wildman–Crippen MR) is 117 cm³/mol. The van der Waals surface area contributed by atoms with E-state index in [4.69, 9.17) is 19.7 Å². The molecule has 2 rings (SSSR count). The first-order valence-corrected chi connectivity index (χ1v) is 10.3. The largest absolute Gasteiger partial charge is 0.478 e. The number of carbonyl (C=O) groups excluding carboxylic acids is 2. The van der Waals surface area contributed by atoms with Crippen LogP contribution >= 0.6 is 0 Å². The number of carboxylic acid groups (broad SMARTS) is 2. The maximum absolute atomic E-state index is 11.3. The van der Waals surface area contributed by atoms with E-state index in [9.17, 15) is 19.2 Å². The van der Waals surface area contributed by atoms with Crippen molar-refractivity contribution in [1.82, 2.24) is 0 Å². The molecule has 0 aromatic heterocycles.